The Hall–Kier alpha value is -2.24. The van der Waals surface area contributed by atoms with Crippen molar-refractivity contribution in [2.45, 2.75) is 6.54 Å². The van der Waals surface area contributed by atoms with Crippen molar-refractivity contribution in [3.05, 3.63) is 22.8 Å². The molecule has 18 heavy (non-hydrogen) atoms. The van der Waals surface area contributed by atoms with E-state index in [2.05, 4.69) is 5.32 Å². The monoisotopic (exact) mass is 251 g/mol. The van der Waals surface area contributed by atoms with Crippen molar-refractivity contribution in [3.63, 3.8) is 0 Å². The summed E-state index contributed by atoms with van der Waals surface area (Å²) in [5, 5.41) is 2.65. The molecule has 0 bridgehead atoms. The van der Waals surface area contributed by atoms with Crippen LogP contribution in [0.5, 0.6) is 11.5 Å². The number of carbonyl (C=O) groups excluding carboxylic acids is 2. The van der Waals surface area contributed by atoms with E-state index in [-0.39, 0.29) is 18.0 Å². The molecule has 1 N–H and O–H groups in total. The second kappa shape index (κ2) is 4.56. The third-order valence-electron chi connectivity index (χ3n) is 2.84. The largest absolute Gasteiger partial charge is 0.496 e. The van der Waals surface area contributed by atoms with Gasteiger partial charge in [-0.2, -0.15) is 0 Å². The molecule has 2 rings (SSSR count). The Morgan fingerprint density at radius 2 is 1.89 bits per heavy atom. The summed E-state index contributed by atoms with van der Waals surface area (Å²) < 4.78 is 15.0. The minimum Gasteiger partial charge on any atom is -0.496 e. The van der Waals surface area contributed by atoms with Crippen molar-refractivity contribution in [1.82, 2.24) is 5.32 Å². The molecule has 1 aromatic rings. The number of rotatable bonds is 3. The lowest BCUT2D eigenvalue weighted by molar-refractivity contribution is 0.0595. The molecule has 0 fully saturated rings. The predicted molar refractivity (Wildman–Crippen MR) is 62.1 cm³/mol. The van der Waals surface area contributed by atoms with Gasteiger partial charge in [-0.25, -0.2) is 4.79 Å². The molecule has 1 aliphatic rings. The number of ether oxygens (including phenoxy) is 3. The van der Waals surface area contributed by atoms with Crippen LogP contribution in [0.3, 0.4) is 0 Å². The SMILES string of the molecule is COC(=O)c1c(OC)cc(OC)c2c1CNC2=O. The van der Waals surface area contributed by atoms with Gasteiger partial charge >= 0.3 is 5.97 Å². The van der Waals surface area contributed by atoms with Crippen molar-refractivity contribution < 1.29 is 23.8 Å². The van der Waals surface area contributed by atoms with E-state index in [1.165, 1.54) is 27.4 Å². The van der Waals surface area contributed by atoms with Crippen LogP contribution in [-0.2, 0) is 11.3 Å². The van der Waals surface area contributed by atoms with Crippen LogP contribution in [0.2, 0.25) is 0 Å². The van der Waals surface area contributed by atoms with Crippen LogP contribution in [0.25, 0.3) is 0 Å². The minimum atomic E-state index is -0.540. The Balaban J connectivity index is 2.73. The highest BCUT2D eigenvalue weighted by Crippen LogP contribution is 2.36. The number of benzene rings is 1. The molecule has 0 unspecified atom stereocenters. The molecule has 1 aliphatic heterocycles. The molecule has 1 heterocycles. The Labute approximate surface area is 104 Å². The van der Waals surface area contributed by atoms with Crippen LogP contribution >= 0.6 is 0 Å². The Bertz CT molecular complexity index is 524. The smallest absolute Gasteiger partial charge is 0.342 e. The number of nitrogens with one attached hydrogen (secondary N) is 1. The van der Waals surface area contributed by atoms with Crippen molar-refractivity contribution in [2.75, 3.05) is 21.3 Å². The maximum Gasteiger partial charge on any atom is 0.342 e. The van der Waals surface area contributed by atoms with Crippen LogP contribution in [-0.4, -0.2) is 33.2 Å². The topological polar surface area (TPSA) is 73.9 Å². The summed E-state index contributed by atoms with van der Waals surface area (Å²) >= 11 is 0. The number of amides is 1. The van der Waals surface area contributed by atoms with Crippen LogP contribution in [0.1, 0.15) is 26.3 Å². The van der Waals surface area contributed by atoms with E-state index in [0.717, 1.165) is 0 Å². The number of carbonyl (C=O) groups is 2. The van der Waals surface area contributed by atoms with Crippen LogP contribution < -0.4 is 14.8 Å². The maximum absolute atomic E-state index is 11.8. The van der Waals surface area contributed by atoms with E-state index >= 15 is 0 Å². The molecule has 0 radical (unpaired) electrons. The lowest BCUT2D eigenvalue weighted by atomic mass is 10.0. The fourth-order valence-corrected chi connectivity index (χ4v) is 2.02. The molecule has 1 amide bonds. The molecule has 1 aromatic carbocycles. The summed E-state index contributed by atoms with van der Waals surface area (Å²) in [7, 11) is 4.18. The van der Waals surface area contributed by atoms with Crippen LogP contribution in [0, 0.1) is 0 Å². The molecule has 6 nitrogen and oxygen atoms in total. The zero-order valence-electron chi connectivity index (χ0n) is 10.3. The Morgan fingerprint density at radius 1 is 1.22 bits per heavy atom. The summed E-state index contributed by atoms with van der Waals surface area (Å²) in [6.45, 7) is 0.256. The van der Waals surface area contributed by atoms with Gasteiger partial charge in [0.25, 0.3) is 5.91 Å². The molecule has 96 valence electrons. The van der Waals surface area contributed by atoms with Gasteiger partial charge in [0.1, 0.15) is 17.1 Å². The van der Waals surface area contributed by atoms with Crippen LogP contribution in [0.4, 0.5) is 0 Å². The quantitative estimate of drug-likeness (QED) is 0.802. The zero-order valence-corrected chi connectivity index (χ0v) is 10.3. The van der Waals surface area contributed by atoms with Gasteiger partial charge in [-0.05, 0) is 0 Å². The first-order valence-electron chi connectivity index (χ1n) is 5.28. The lowest BCUT2D eigenvalue weighted by Crippen LogP contribution is -2.13. The highest BCUT2D eigenvalue weighted by atomic mass is 16.5. The van der Waals surface area contributed by atoms with E-state index in [1.54, 1.807) is 0 Å². The molecule has 0 spiro atoms. The number of methoxy groups -OCH3 is 3. The van der Waals surface area contributed by atoms with Crippen molar-refractivity contribution in [1.29, 1.82) is 0 Å². The predicted octanol–water partition coefficient (Wildman–Crippen LogP) is 0.734. The second-order valence-electron chi connectivity index (χ2n) is 3.68. The minimum absolute atomic E-state index is 0.256. The first-order valence-corrected chi connectivity index (χ1v) is 5.28. The van der Waals surface area contributed by atoms with Crippen molar-refractivity contribution >= 4 is 11.9 Å². The van der Waals surface area contributed by atoms with Gasteiger partial charge in [-0.1, -0.05) is 0 Å². The van der Waals surface area contributed by atoms with Gasteiger partial charge in [0.15, 0.2) is 0 Å². The number of esters is 1. The Kier molecular flexibility index (Phi) is 3.10. The van der Waals surface area contributed by atoms with E-state index < -0.39 is 5.97 Å². The van der Waals surface area contributed by atoms with Gasteiger partial charge in [-0.15, -0.1) is 0 Å². The Morgan fingerprint density at radius 3 is 2.44 bits per heavy atom. The normalized spacial score (nSPS) is 12.7. The molecular weight excluding hydrogens is 238 g/mol. The standard InChI is InChI=1S/C12H13NO5/c1-16-7-4-8(17-2)10(12(15)18-3)6-5-13-11(14)9(6)7/h4H,5H2,1-3H3,(H,13,14). The summed E-state index contributed by atoms with van der Waals surface area (Å²) in [4.78, 5) is 23.5. The molecule has 0 aliphatic carbocycles. The molecule has 0 saturated heterocycles. The van der Waals surface area contributed by atoms with Gasteiger partial charge in [0.2, 0.25) is 0 Å². The van der Waals surface area contributed by atoms with Gasteiger partial charge in [0, 0.05) is 18.2 Å². The van der Waals surface area contributed by atoms with Crippen molar-refractivity contribution in [2.24, 2.45) is 0 Å². The lowest BCUT2D eigenvalue weighted by Gasteiger charge is -2.13. The molecule has 0 atom stereocenters. The zero-order chi connectivity index (χ0) is 13.3. The highest BCUT2D eigenvalue weighted by molar-refractivity contribution is 6.06. The maximum atomic E-state index is 11.8. The van der Waals surface area contributed by atoms with Gasteiger partial charge in [-0.3, -0.25) is 4.79 Å². The summed E-state index contributed by atoms with van der Waals surface area (Å²) in [6, 6.07) is 1.51. The number of hydrogen-bond donors (Lipinski definition) is 1. The average molecular weight is 251 g/mol. The van der Waals surface area contributed by atoms with Crippen molar-refractivity contribution in [3.8, 4) is 11.5 Å². The third kappa shape index (κ3) is 1.66. The first-order chi connectivity index (χ1) is 8.63. The fraction of sp³-hybridized carbons (Fsp3) is 0.333. The molecular formula is C12H13NO5. The summed E-state index contributed by atoms with van der Waals surface area (Å²) in [6.07, 6.45) is 0. The van der Waals surface area contributed by atoms with Crippen LogP contribution in [0.15, 0.2) is 6.07 Å². The highest BCUT2D eigenvalue weighted by Gasteiger charge is 2.32. The number of hydrogen-bond acceptors (Lipinski definition) is 5. The molecule has 6 heteroatoms. The van der Waals surface area contributed by atoms with Gasteiger partial charge in [0.05, 0.1) is 26.9 Å². The van der Waals surface area contributed by atoms with E-state index in [4.69, 9.17) is 14.2 Å². The van der Waals surface area contributed by atoms with Gasteiger partial charge < -0.3 is 19.5 Å². The summed E-state index contributed by atoms with van der Waals surface area (Å²) in [5.41, 5.74) is 1.16. The first kappa shape index (κ1) is 12.2. The van der Waals surface area contributed by atoms with E-state index in [0.29, 0.717) is 22.6 Å². The van der Waals surface area contributed by atoms with E-state index in [9.17, 15) is 9.59 Å². The average Bonchev–Trinajstić information content (AvgIpc) is 2.78. The number of fused-ring (bicyclic) bond motifs is 1. The molecule has 0 saturated carbocycles. The second-order valence-corrected chi connectivity index (χ2v) is 3.68. The third-order valence-corrected chi connectivity index (χ3v) is 2.84. The fourth-order valence-electron chi connectivity index (χ4n) is 2.02. The van der Waals surface area contributed by atoms with E-state index in [1.807, 2.05) is 0 Å². The molecule has 0 aromatic heterocycles. The summed E-state index contributed by atoms with van der Waals surface area (Å²) in [5.74, 6) is -0.102.